The van der Waals surface area contributed by atoms with Gasteiger partial charge in [-0.05, 0) is 47.6 Å². The van der Waals surface area contributed by atoms with Crippen molar-refractivity contribution in [3.05, 3.63) is 18.0 Å². The minimum atomic E-state index is -0.174. The molecule has 4 heteroatoms. The van der Waals surface area contributed by atoms with Gasteiger partial charge in [0.1, 0.15) is 0 Å². The highest BCUT2D eigenvalue weighted by Crippen LogP contribution is 2.44. The molecule has 0 aromatic carbocycles. The summed E-state index contributed by atoms with van der Waals surface area (Å²) in [7, 11) is 0. The fourth-order valence-electron chi connectivity index (χ4n) is 3.17. The summed E-state index contributed by atoms with van der Waals surface area (Å²) < 4.78 is 8.25. The lowest BCUT2D eigenvalue weighted by Crippen LogP contribution is -2.31. The highest BCUT2D eigenvalue weighted by molar-refractivity contribution is 5.11. The molecular formula is C16H29N3O. The van der Waals surface area contributed by atoms with Gasteiger partial charge in [0.25, 0.3) is 0 Å². The number of nitrogens with one attached hydrogen (secondary N) is 1. The maximum atomic E-state index is 6.16. The van der Waals surface area contributed by atoms with Crippen LogP contribution < -0.4 is 5.32 Å². The number of nitrogens with zero attached hydrogens (tertiary/aromatic N) is 2. The Labute approximate surface area is 122 Å². The van der Waals surface area contributed by atoms with Crippen molar-refractivity contribution >= 4 is 0 Å². The van der Waals surface area contributed by atoms with Gasteiger partial charge in [0.2, 0.25) is 0 Å². The largest absolute Gasteiger partial charge is 0.367 e. The topological polar surface area (TPSA) is 39.1 Å². The van der Waals surface area contributed by atoms with Crippen LogP contribution in [0.25, 0.3) is 0 Å². The van der Waals surface area contributed by atoms with E-state index in [9.17, 15) is 0 Å². The predicted octanol–water partition coefficient (Wildman–Crippen LogP) is 3.46. The van der Waals surface area contributed by atoms with Crippen molar-refractivity contribution in [3.8, 4) is 0 Å². The van der Waals surface area contributed by atoms with Crippen molar-refractivity contribution in [1.82, 2.24) is 15.1 Å². The van der Waals surface area contributed by atoms with Crippen molar-refractivity contribution in [2.45, 2.75) is 77.7 Å². The summed E-state index contributed by atoms with van der Waals surface area (Å²) >= 11 is 0. The minimum absolute atomic E-state index is 0.0770. The molecule has 1 aliphatic heterocycles. The summed E-state index contributed by atoms with van der Waals surface area (Å²) in [6.45, 7) is 14.0. The van der Waals surface area contributed by atoms with Crippen LogP contribution >= 0.6 is 0 Å². The monoisotopic (exact) mass is 279 g/mol. The van der Waals surface area contributed by atoms with Crippen LogP contribution in [0, 0.1) is 0 Å². The Bertz CT molecular complexity index is 450. The molecule has 0 bridgehead atoms. The molecule has 0 radical (unpaired) electrons. The average molecular weight is 279 g/mol. The van der Waals surface area contributed by atoms with Crippen LogP contribution in [0.2, 0.25) is 0 Å². The molecule has 0 saturated carbocycles. The van der Waals surface area contributed by atoms with Gasteiger partial charge in [-0.1, -0.05) is 6.92 Å². The molecule has 0 aliphatic carbocycles. The van der Waals surface area contributed by atoms with E-state index in [1.807, 2.05) is 6.20 Å². The molecule has 4 nitrogen and oxygen atoms in total. The van der Waals surface area contributed by atoms with Gasteiger partial charge in [-0.3, -0.25) is 4.68 Å². The predicted molar refractivity (Wildman–Crippen MR) is 81.8 cm³/mol. The molecule has 0 amide bonds. The molecule has 20 heavy (non-hydrogen) atoms. The van der Waals surface area contributed by atoms with Gasteiger partial charge in [-0.25, -0.2) is 0 Å². The minimum Gasteiger partial charge on any atom is -0.367 e. The molecule has 2 rings (SSSR count). The van der Waals surface area contributed by atoms with E-state index in [-0.39, 0.29) is 11.2 Å². The third-order valence-electron chi connectivity index (χ3n) is 4.17. The van der Waals surface area contributed by atoms with E-state index in [1.165, 1.54) is 5.56 Å². The quantitative estimate of drug-likeness (QED) is 0.897. The summed E-state index contributed by atoms with van der Waals surface area (Å²) in [5, 5.41) is 8.09. The van der Waals surface area contributed by atoms with E-state index in [2.05, 4.69) is 62.8 Å². The SMILES string of the molecule is CCCNC(C)c1cnn(C2CC(C)(C)OC2(C)C)c1. The van der Waals surface area contributed by atoms with E-state index < -0.39 is 0 Å². The lowest BCUT2D eigenvalue weighted by Gasteiger charge is -2.27. The Kier molecular flexibility index (Phi) is 4.26. The average Bonchev–Trinajstić information content (AvgIpc) is 2.88. The third-order valence-corrected chi connectivity index (χ3v) is 4.17. The highest BCUT2D eigenvalue weighted by Gasteiger charge is 2.47. The van der Waals surface area contributed by atoms with E-state index in [4.69, 9.17) is 4.74 Å². The van der Waals surface area contributed by atoms with Gasteiger partial charge in [-0.15, -0.1) is 0 Å². The second-order valence-electron chi connectivity index (χ2n) is 7.11. The van der Waals surface area contributed by atoms with Crippen molar-refractivity contribution in [3.63, 3.8) is 0 Å². The molecule has 1 aliphatic rings. The van der Waals surface area contributed by atoms with Crippen molar-refractivity contribution in [1.29, 1.82) is 0 Å². The first kappa shape index (κ1) is 15.5. The van der Waals surface area contributed by atoms with Crippen LogP contribution in [-0.4, -0.2) is 27.5 Å². The Balaban J connectivity index is 2.13. The van der Waals surface area contributed by atoms with Crippen LogP contribution in [0.5, 0.6) is 0 Å². The standard InChI is InChI=1S/C16H29N3O/c1-7-8-17-12(2)13-10-18-19(11-13)14-9-15(3,4)20-16(14,5)6/h10-12,14,17H,7-9H2,1-6H3. The molecular weight excluding hydrogens is 250 g/mol. The Morgan fingerprint density at radius 1 is 1.45 bits per heavy atom. The number of hydrogen-bond donors (Lipinski definition) is 1. The summed E-state index contributed by atoms with van der Waals surface area (Å²) in [6.07, 6.45) is 6.30. The number of ether oxygens (including phenoxy) is 1. The molecule has 2 unspecified atom stereocenters. The van der Waals surface area contributed by atoms with Gasteiger partial charge in [0.05, 0.1) is 23.4 Å². The van der Waals surface area contributed by atoms with Gasteiger partial charge in [0, 0.05) is 24.2 Å². The van der Waals surface area contributed by atoms with Gasteiger partial charge in [0.15, 0.2) is 0 Å². The van der Waals surface area contributed by atoms with Gasteiger partial charge in [-0.2, -0.15) is 5.10 Å². The lowest BCUT2D eigenvalue weighted by atomic mass is 9.95. The van der Waals surface area contributed by atoms with Crippen molar-refractivity contribution in [2.24, 2.45) is 0 Å². The molecule has 2 heterocycles. The van der Waals surface area contributed by atoms with Gasteiger partial charge >= 0.3 is 0 Å². The maximum Gasteiger partial charge on any atom is 0.0857 e. The first-order valence-corrected chi connectivity index (χ1v) is 7.73. The molecule has 1 fully saturated rings. The van der Waals surface area contributed by atoms with Crippen LogP contribution in [0.3, 0.4) is 0 Å². The summed E-state index contributed by atoms with van der Waals surface area (Å²) in [5.41, 5.74) is 0.998. The Hall–Kier alpha value is -0.870. The molecule has 1 aromatic heterocycles. The smallest absolute Gasteiger partial charge is 0.0857 e. The number of aromatic nitrogens is 2. The van der Waals surface area contributed by atoms with Gasteiger partial charge < -0.3 is 10.1 Å². The van der Waals surface area contributed by atoms with E-state index >= 15 is 0 Å². The normalized spacial score (nSPS) is 25.8. The Morgan fingerprint density at radius 3 is 2.70 bits per heavy atom. The molecule has 1 N–H and O–H groups in total. The molecule has 1 saturated heterocycles. The fraction of sp³-hybridized carbons (Fsp3) is 0.812. The fourth-order valence-corrected chi connectivity index (χ4v) is 3.17. The maximum absolute atomic E-state index is 6.16. The molecule has 1 aromatic rings. The second-order valence-corrected chi connectivity index (χ2v) is 7.11. The molecule has 114 valence electrons. The number of hydrogen-bond acceptors (Lipinski definition) is 3. The molecule has 2 atom stereocenters. The zero-order chi connectivity index (χ0) is 15.0. The summed E-state index contributed by atoms with van der Waals surface area (Å²) in [5.74, 6) is 0. The van der Waals surface area contributed by atoms with E-state index in [0.29, 0.717) is 12.1 Å². The Morgan fingerprint density at radius 2 is 2.15 bits per heavy atom. The molecule has 0 spiro atoms. The highest BCUT2D eigenvalue weighted by atomic mass is 16.5. The van der Waals surface area contributed by atoms with Crippen LogP contribution in [-0.2, 0) is 4.74 Å². The second kappa shape index (κ2) is 5.49. The van der Waals surface area contributed by atoms with E-state index in [1.54, 1.807) is 0 Å². The lowest BCUT2D eigenvalue weighted by molar-refractivity contribution is -0.0737. The summed E-state index contributed by atoms with van der Waals surface area (Å²) in [4.78, 5) is 0. The van der Waals surface area contributed by atoms with Crippen LogP contribution in [0.15, 0.2) is 12.4 Å². The summed E-state index contributed by atoms with van der Waals surface area (Å²) in [6, 6.07) is 0.645. The van der Waals surface area contributed by atoms with E-state index in [0.717, 1.165) is 19.4 Å². The third kappa shape index (κ3) is 3.23. The first-order valence-electron chi connectivity index (χ1n) is 7.73. The number of rotatable bonds is 5. The van der Waals surface area contributed by atoms with Crippen LogP contribution in [0.4, 0.5) is 0 Å². The van der Waals surface area contributed by atoms with Crippen molar-refractivity contribution in [2.75, 3.05) is 6.54 Å². The van der Waals surface area contributed by atoms with Crippen LogP contribution in [0.1, 0.15) is 72.0 Å². The first-order chi connectivity index (χ1) is 9.25. The van der Waals surface area contributed by atoms with Crippen molar-refractivity contribution < 1.29 is 4.74 Å². The zero-order valence-corrected chi connectivity index (χ0v) is 13.7. The zero-order valence-electron chi connectivity index (χ0n) is 13.7.